The van der Waals surface area contributed by atoms with E-state index < -0.39 is 0 Å². The monoisotopic (exact) mass is 262 g/mol. The van der Waals surface area contributed by atoms with Crippen LogP contribution >= 0.6 is 11.8 Å². The minimum absolute atomic E-state index is 0.769. The molecule has 0 spiro atoms. The highest BCUT2D eigenvalue weighted by Gasteiger charge is 2.08. The van der Waals surface area contributed by atoms with Gasteiger partial charge in [0.1, 0.15) is 0 Å². The number of aryl methyl sites for hydroxylation is 3. The second-order valence-corrected chi connectivity index (χ2v) is 5.35. The van der Waals surface area contributed by atoms with Gasteiger partial charge in [0.05, 0.1) is 0 Å². The lowest BCUT2D eigenvalue weighted by Crippen LogP contribution is -2.13. The summed E-state index contributed by atoms with van der Waals surface area (Å²) in [4.78, 5) is 0. The number of nitrogens with two attached hydrogens (primary N) is 1. The normalized spacial score (nSPS) is 10.8. The molecule has 0 bridgehead atoms. The van der Waals surface area contributed by atoms with E-state index in [2.05, 4.69) is 42.2 Å². The molecule has 96 valence electrons. The lowest BCUT2D eigenvalue weighted by atomic mass is 10.1. The van der Waals surface area contributed by atoms with Crippen LogP contribution in [-0.2, 0) is 12.2 Å². The van der Waals surface area contributed by atoms with Gasteiger partial charge in [0.15, 0.2) is 5.82 Å². The Balaban J connectivity index is 2.09. The average Bonchev–Trinajstić information content (AvgIpc) is 2.66. The van der Waals surface area contributed by atoms with Crippen LogP contribution in [0.25, 0.3) is 0 Å². The SMILES string of the molecule is CCc1nnc(SCc2cc(C)cc(C)c2)n1N. The number of rotatable bonds is 4. The summed E-state index contributed by atoms with van der Waals surface area (Å²) < 4.78 is 1.58. The van der Waals surface area contributed by atoms with E-state index in [9.17, 15) is 0 Å². The smallest absolute Gasteiger partial charge is 0.210 e. The van der Waals surface area contributed by atoms with E-state index in [0.717, 1.165) is 23.2 Å². The maximum absolute atomic E-state index is 5.91. The molecular formula is C13H18N4S. The van der Waals surface area contributed by atoms with Crippen LogP contribution in [0.15, 0.2) is 23.4 Å². The van der Waals surface area contributed by atoms with Gasteiger partial charge in [-0.1, -0.05) is 48.0 Å². The zero-order valence-corrected chi connectivity index (χ0v) is 11.8. The highest BCUT2D eigenvalue weighted by molar-refractivity contribution is 7.98. The van der Waals surface area contributed by atoms with E-state index in [0.29, 0.717) is 0 Å². The Hall–Kier alpha value is -1.49. The summed E-state index contributed by atoms with van der Waals surface area (Å²) in [6.07, 6.45) is 0.799. The van der Waals surface area contributed by atoms with Gasteiger partial charge >= 0.3 is 0 Å². The fourth-order valence-corrected chi connectivity index (χ4v) is 2.75. The van der Waals surface area contributed by atoms with Crippen LogP contribution in [0.4, 0.5) is 0 Å². The van der Waals surface area contributed by atoms with E-state index in [-0.39, 0.29) is 0 Å². The van der Waals surface area contributed by atoms with Crippen LogP contribution in [0.3, 0.4) is 0 Å². The van der Waals surface area contributed by atoms with Gasteiger partial charge in [0.2, 0.25) is 5.16 Å². The van der Waals surface area contributed by atoms with Crippen molar-refractivity contribution in [1.29, 1.82) is 0 Å². The average molecular weight is 262 g/mol. The zero-order chi connectivity index (χ0) is 13.1. The Morgan fingerprint density at radius 2 is 1.83 bits per heavy atom. The van der Waals surface area contributed by atoms with Crippen molar-refractivity contribution >= 4 is 11.8 Å². The van der Waals surface area contributed by atoms with Crippen LogP contribution in [0.5, 0.6) is 0 Å². The largest absolute Gasteiger partial charge is 0.336 e. The van der Waals surface area contributed by atoms with Gasteiger partial charge in [0.25, 0.3) is 0 Å². The number of benzene rings is 1. The van der Waals surface area contributed by atoms with Crippen molar-refractivity contribution in [1.82, 2.24) is 14.9 Å². The molecule has 1 aromatic heterocycles. The third-order valence-electron chi connectivity index (χ3n) is 2.70. The van der Waals surface area contributed by atoms with E-state index in [1.807, 2.05) is 6.92 Å². The minimum Gasteiger partial charge on any atom is -0.336 e. The maximum atomic E-state index is 5.91. The van der Waals surface area contributed by atoms with Crippen molar-refractivity contribution in [3.05, 3.63) is 40.7 Å². The fraction of sp³-hybridized carbons (Fsp3) is 0.385. The van der Waals surface area contributed by atoms with E-state index >= 15 is 0 Å². The van der Waals surface area contributed by atoms with Crippen LogP contribution in [0, 0.1) is 13.8 Å². The van der Waals surface area contributed by atoms with Crippen LogP contribution in [0.1, 0.15) is 29.4 Å². The summed E-state index contributed by atoms with van der Waals surface area (Å²) in [5, 5.41) is 8.92. The first kappa shape index (κ1) is 13.0. The van der Waals surface area contributed by atoms with Crippen LogP contribution in [0.2, 0.25) is 0 Å². The third kappa shape index (κ3) is 2.85. The molecule has 0 saturated heterocycles. The Morgan fingerprint density at radius 1 is 1.17 bits per heavy atom. The lowest BCUT2D eigenvalue weighted by molar-refractivity contribution is 0.796. The van der Waals surface area contributed by atoms with Crippen LogP contribution in [-0.4, -0.2) is 14.9 Å². The topological polar surface area (TPSA) is 56.7 Å². The summed E-state index contributed by atoms with van der Waals surface area (Å²) in [5.74, 6) is 7.59. The van der Waals surface area contributed by atoms with Crippen molar-refractivity contribution in [3.63, 3.8) is 0 Å². The lowest BCUT2D eigenvalue weighted by Gasteiger charge is -2.05. The molecule has 0 unspecified atom stereocenters. The summed E-state index contributed by atoms with van der Waals surface area (Å²) in [6, 6.07) is 6.56. The molecular weight excluding hydrogens is 244 g/mol. The summed E-state index contributed by atoms with van der Waals surface area (Å²) in [7, 11) is 0. The summed E-state index contributed by atoms with van der Waals surface area (Å²) >= 11 is 1.62. The van der Waals surface area contributed by atoms with Gasteiger partial charge < -0.3 is 5.84 Å². The van der Waals surface area contributed by atoms with E-state index in [1.165, 1.54) is 16.7 Å². The van der Waals surface area contributed by atoms with Gasteiger partial charge in [0, 0.05) is 12.2 Å². The molecule has 0 aliphatic heterocycles. The van der Waals surface area contributed by atoms with Gasteiger partial charge in [-0.25, -0.2) is 4.68 Å². The third-order valence-corrected chi connectivity index (χ3v) is 3.71. The predicted molar refractivity (Wildman–Crippen MR) is 75.0 cm³/mol. The number of nitrogen functional groups attached to an aromatic ring is 1. The van der Waals surface area contributed by atoms with E-state index in [1.54, 1.807) is 16.4 Å². The second-order valence-electron chi connectivity index (χ2n) is 4.41. The molecule has 0 aliphatic rings. The Labute approximate surface area is 112 Å². The van der Waals surface area contributed by atoms with Gasteiger partial charge in [-0.3, -0.25) is 0 Å². The minimum atomic E-state index is 0.769. The Bertz CT molecular complexity index is 528. The summed E-state index contributed by atoms with van der Waals surface area (Å²) in [6.45, 7) is 6.25. The molecule has 2 aromatic rings. The quantitative estimate of drug-likeness (QED) is 0.679. The van der Waals surface area contributed by atoms with Gasteiger partial charge in [-0.15, -0.1) is 10.2 Å². The highest BCUT2D eigenvalue weighted by Crippen LogP contribution is 2.21. The van der Waals surface area contributed by atoms with Gasteiger partial charge in [-0.2, -0.15) is 0 Å². The highest BCUT2D eigenvalue weighted by atomic mass is 32.2. The maximum Gasteiger partial charge on any atom is 0.210 e. The van der Waals surface area contributed by atoms with Crippen molar-refractivity contribution < 1.29 is 0 Å². The first-order valence-electron chi connectivity index (χ1n) is 5.99. The van der Waals surface area contributed by atoms with Crippen molar-refractivity contribution in [2.75, 3.05) is 5.84 Å². The zero-order valence-electron chi connectivity index (χ0n) is 11.0. The molecule has 4 nitrogen and oxygen atoms in total. The molecule has 2 N–H and O–H groups in total. The van der Waals surface area contributed by atoms with Crippen LogP contribution < -0.4 is 5.84 Å². The molecule has 0 saturated carbocycles. The molecule has 18 heavy (non-hydrogen) atoms. The Kier molecular flexibility index (Phi) is 3.91. The number of thioether (sulfide) groups is 1. The first-order chi connectivity index (χ1) is 8.60. The van der Waals surface area contributed by atoms with Crippen molar-refractivity contribution in [3.8, 4) is 0 Å². The number of nitrogens with zero attached hydrogens (tertiary/aromatic N) is 3. The molecule has 0 radical (unpaired) electrons. The van der Waals surface area contributed by atoms with E-state index in [4.69, 9.17) is 5.84 Å². The standard InChI is InChI=1S/C13H18N4S/c1-4-12-15-16-13(17(12)14)18-8-11-6-9(2)5-10(3)7-11/h5-7H,4,8,14H2,1-3H3. The second kappa shape index (κ2) is 5.44. The number of aromatic nitrogens is 3. The molecule has 1 heterocycles. The van der Waals surface area contributed by atoms with Gasteiger partial charge in [-0.05, 0) is 19.4 Å². The fourth-order valence-electron chi connectivity index (χ4n) is 1.95. The first-order valence-corrected chi connectivity index (χ1v) is 6.98. The molecule has 5 heteroatoms. The molecule has 0 amide bonds. The number of hydrogen-bond donors (Lipinski definition) is 1. The summed E-state index contributed by atoms with van der Waals surface area (Å²) in [5.41, 5.74) is 3.86. The van der Waals surface area contributed by atoms with Crippen molar-refractivity contribution in [2.45, 2.75) is 38.1 Å². The Morgan fingerprint density at radius 3 is 2.39 bits per heavy atom. The molecule has 1 aromatic carbocycles. The number of hydrogen-bond acceptors (Lipinski definition) is 4. The molecule has 0 aliphatic carbocycles. The molecule has 2 rings (SSSR count). The predicted octanol–water partition coefficient (Wildman–Crippen LogP) is 2.46. The van der Waals surface area contributed by atoms with Crippen molar-refractivity contribution in [2.24, 2.45) is 0 Å². The molecule has 0 atom stereocenters. The molecule has 0 fully saturated rings.